The van der Waals surface area contributed by atoms with Gasteiger partial charge >= 0.3 is 0 Å². The number of aliphatic hydroxyl groups excluding tert-OH is 4. The Morgan fingerprint density at radius 1 is 1.04 bits per heavy atom. The first kappa shape index (κ1) is 32.6. The molecule has 14 heteroatoms. The molecule has 2 aromatic carbocycles. The molecule has 1 saturated carbocycles. The van der Waals surface area contributed by atoms with Crippen molar-refractivity contribution in [2.24, 2.45) is 0 Å². The molecule has 0 radical (unpaired) electrons. The van der Waals surface area contributed by atoms with E-state index in [2.05, 4.69) is 10.8 Å². The summed E-state index contributed by atoms with van der Waals surface area (Å²) in [4.78, 5) is 18.4. The molecule has 2 heterocycles. The van der Waals surface area contributed by atoms with Gasteiger partial charge in [0.25, 0.3) is 0 Å². The highest BCUT2D eigenvalue weighted by Crippen LogP contribution is 2.34. The van der Waals surface area contributed by atoms with Crippen LogP contribution in [-0.4, -0.2) is 87.2 Å². The second kappa shape index (κ2) is 14.1. The highest BCUT2D eigenvalue weighted by molar-refractivity contribution is 5.97. The normalized spacial score (nSPS) is 30.8. The number of rotatable bonds is 10. The molecule has 8 atom stereocenters. The predicted molar refractivity (Wildman–Crippen MR) is 154 cm³/mol. The summed E-state index contributed by atoms with van der Waals surface area (Å²) in [6, 6.07) is 9.11. The van der Waals surface area contributed by atoms with Gasteiger partial charge in [-0.05, 0) is 54.8 Å². The van der Waals surface area contributed by atoms with E-state index in [9.17, 15) is 34.7 Å². The van der Waals surface area contributed by atoms with Crippen molar-refractivity contribution in [1.29, 1.82) is 0 Å². The first-order chi connectivity index (χ1) is 21.5. The minimum Gasteiger partial charge on any atom is -0.504 e. The Bertz CT molecular complexity index is 1420. The van der Waals surface area contributed by atoms with Gasteiger partial charge in [0.15, 0.2) is 17.3 Å². The summed E-state index contributed by atoms with van der Waals surface area (Å²) < 4.78 is 35.2. The van der Waals surface area contributed by atoms with Crippen molar-refractivity contribution < 1.29 is 58.5 Å². The Morgan fingerprint density at radius 3 is 2.44 bits per heavy atom. The number of hydroxylamine groups is 1. The zero-order valence-electron chi connectivity index (χ0n) is 24.6. The molecule has 1 amide bonds. The molecule has 3 aliphatic rings. The van der Waals surface area contributed by atoms with Crippen LogP contribution in [0, 0.1) is 5.82 Å². The lowest BCUT2D eigenvalue weighted by atomic mass is 9.83. The fourth-order valence-corrected chi connectivity index (χ4v) is 5.39. The van der Waals surface area contributed by atoms with E-state index in [0.29, 0.717) is 17.7 Å². The number of amides is 1. The highest BCUT2D eigenvalue weighted by Gasteiger charge is 2.53. The number of allylic oxidation sites excluding steroid dienone is 1. The smallest absolute Gasteiger partial charge is 0.247 e. The molecule has 244 valence electrons. The van der Waals surface area contributed by atoms with Gasteiger partial charge in [0.2, 0.25) is 12.2 Å². The lowest BCUT2D eigenvalue weighted by Gasteiger charge is -2.41. The van der Waals surface area contributed by atoms with Gasteiger partial charge in [-0.25, -0.2) is 4.39 Å². The number of fused-ring (bicyclic) bond motifs is 1. The van der Waals surface area contributed by atoms with Gasteiger partial charge in [0, 0.05) is 5.57 Å². The average molecular weight is 633 g/mol. The fraction of sp³-hybridized carbons (Fsp3) is 0.452. The van der Waals surface area contributed by atoms with E-state index in [1.54, 1.807) is 18.2 Å². The zero-order valence-corrected chi connectivity index (χ0v) is 24.6. The number of ether oxygens (including phenoxy) is 4. The standard InChI is InChI=1S/C31H37FN2O11/c1-3-19(34-43-13-16-4-7-18(32)8-5-16)28-21(36)12-23(45-28)44-22-9-6-17(11-20(22)35)10-15(2)31(40)33-24-25(37)27(39)30-29(26(24)38)41-14-42-30/h4-11,21,23-27,29-30,34-39H,3,12-14H2,1-2H3,(H,33,40)/t21-,23+,24+,25-,26+,27+,29-,30+/m0/s1. The lowest BCUT2D eigenvalue weighted by molar-refractivity contribution is -0.155. The van der Waals surface area contributed by atoms with Crippen LogP contribution in [0.15, 0.2) is 59.5 Å². The highest BCUT2D eigenvalue weighted by atomic mass is 19.1. The van der Waals surface area contributed by atoms with E-state index in [1.807, 2.05) is 6.92 Å². The minimum atomic E-state index is -1.48. The topological polar surface area (TPSA) is 188 Å². The number of phenolic OH excluding ortho intramolecular Hbond substituents is 1. The van der Waals surface area contributed by atoms with Crippen LogP contribution in [0.2, 0.25) is 0 Å². The van der Waals surface area contributed by atoms with Crippen LogP contribution in [0.25, 0.3) is 6.08 Å². The van der Waals surface area contributed by atoms with Crippen molar-refractivity contribution in [3.63, 3.8) is 0 Å². The van der Waals surface area contributed by atoms with E-state index in [-0.39, 0.29) is 48.5 Å². The summed E-state index contributed by atoms with van der Waals surface area (Å²) in [6.07, 6.45) is -5.82. The van der Waals surface area contributed by atoms with Crippen LogP contribution in [0.1, 0.15) is 37.8 Å². The molecule has 1 aliphatic carbocycles. The van der Waals surface area contributed by atoms with Crippen LogP contribution >= 0.6 is 0 Å². The third-order valence-electron chi connectivity index (χ3n) is 7.86. The SMILES string of the molecule is CCC(NOCc1ccc(F)cc1)=C1O[C@@H](Oc2ccc(C=C(C)C(=O)N[C@@H]3[C@H](O)[C@@H](O)[C@H]4OCO[C@H]4[C@@H]3O)cc2O)C[C@@H]1O. The first-order valence-corrected chi connectivity index (χ1v) is 14.5. The van der Waals surface area contributed by atoms with E-state index < -0.39 is 54.9 Å². The Morgan fingerprint density at radius 2 is 1.76 bits per heavy atom. The molecular weight excluding hydrogens is 595 g/mol. The van der Waals surface area contributed by atoms with Crippen molar-refractivity contribution in [2.45, 2.75) is 82.3 Å². The van der Waals surface area contributed by atoms with Crippen molar-refractivity contribution in [3.8, 4) is 11.5 Å². The molecule has 7 N–H and O–H groups in total. The Labute approximate surface area is 258 Å². The summed E-state index contributed by atoms with van der Waals surface area (Å²) in [6.45, 7) is 3.37. The molecule has 2 aromatic rings. The molecule has 45 heavy (non-hydrogen) atoms. The summed E-state index contributed by atoms with van der Waals surface area (Å²) >= 11 is 0. The van der Waals surface area contributed by atoms with Gasteiger partial charge in [-0.15, -0.1) is 0 Å². The molecule has 13 nitrogen and oxygen atoms in total. The molecule has 5 rings (SSSR count). The first-order valence-electron chi connectivity index (χ1n) is 14.5. The Kier molecular flexibility index (Phi) is 10.2. The molecule has 2 aliphatic heterocycles. The van der Waals surface area contributed by atoms with Gasteiger partial charge in [-0.3, -0.25) is 15.1 Å². The van der Waals surface area contributed by atoms with Crippen molar-refractivity contribution in [3.05, 3.63) is 76.4 Å². The number of benzene rings is 2. The number of phenols is 1. The van der Waals surface area contributed by atoms with E-state index in [4.69, 9.17) is 23.8 Å². The molecule has 2 saturated heterocycles. The third-order valence-corrected chi connectivity index (χ3v) is 7.86. The van der Waals surface area contributed by atoms with E-state index in [1.165, 1.54) is 37.3 Å². The Hall–Kier alpha value is -3.76. The third kappa shape index (κ3) is 7.39. The average Bonchev–Trinajstić information content (AvgIpc) is 3.66. The van der Waals surface area contributed by atoms with Crippen LogP contribution in [0.4, 0.5) is 4.39 Å². The van der Waals surface area contributed by atoms with Crippen molar-refractivity contribution in [1.82, 2.24) is 10.8 Å². The number of hydrogen-bond acceptors (Lipinski definition) is 12. The van der Waals surface area contributed by atoms with E-state index in [0.717, 1.165) is 5.56 Å². The summed E-state index contributed by atoms with van der Waals surface area (Å²) in [5.74, 6) is -0.875. The maximum atomic E-state index is 13.1. The number of hydrogen-bond donors (Lipinski definition) is 7. The lowest BCUT2D eigenvalue weighted by Crippen LogP contribution is -2.67. The molecule has 0 aromatic heterocycles. The van der Waals surface area contributed by atoms with Crippen molar-refractivity contribution >= 4 is 12.0 Å². The quantitative estimate of drug-likeness (QED) is 0.146. The zero-order chi connectivity index (χ0) is 32.2. The molecule has 3 fully saturated rings. The van der Waals surface area contributed by atoms with Gasteiger partial charge in [0.05, 0.1) is 24.8 Å². The van der Waals surface area contributed by atoms with Crippen LogP contribution in [0.5, 0.6) is 11.5 Å². The summed E-state index contributed by atoms with van der Waals surface area (Å²) in [7, 11) is 0. The fourth-order valence-electron chi connectivity index (χ4n) is 5.39. The van der Waals surface area contributed by atoms with Gasteiger partial charge in [-0.1, -0.05) is 25.1 Å². The van der Waals surface area contributed by atoms with Gasteiger partial charge in [-0.2, -0.15) is 0 Å². The molecule has 0 bridgehead atoms. The maximum absolute atomic E-state index is 13.1. The molecular formula is C31H37FN2O11. The predicted octanol–water partition coefficient (Wildman–Crippen LogP) is 1.09. The minimum absolute atomic E-state index is 0.0852. The van der Waals surface area contributed by atoms with Gasteiger partial charge in [0.1, 0.15) is 49.2 Å². The number of carbonyl (C=O) groups is 1. The van der Waals surface area contributed by atoms with Gasteiger partial charge < -0.3 is 49.8 Å². The summed E-state index contributed by atoms with van der Waals surface area (Å²) in [5.41, 5.74) is 4.68. The summed E-state index contributed by atoms with van der Waals surface area (Å²) in [5, 5.41) is 55.1. The molecule has 0 spiro atoms. The largest absolute Gasteiger partial charge is 0.504 e. The Balaban J connectivity index is 1.17. The maximum Gasteiger partial charge on any atom is 0.247 e. The monoisotopic (exact) mass is 632 g/mol. The van der Waals surface area contributed by atoms with Crippen LogP contribution in [-0.2, 0) is 30.4 Å². The van der Waals surface area contributed by atoms with Crippen LogP contribution < -0.4 is 15.5 Å². The number of carbonyl (C=O) groups excluding carboxylic acids is 1. The number of aromatic hydroxyl groups is 1. The number of aliphatic hydroxyl groups is 4. The van der Waals surface area contributed by atoms with Crippen molar-refractivity contribution in [2.75, 3.05) is 6.79 Å². The number of nitrogens with one attached hydrogen (secondary N) is 2. The second-order valence-electron chi connectivity index (χ2n) is 11.0. The number of halogens is 1. The molecule has 0 unspecified atom stereocenters. The van der Waals surface area contributed by atoms with E-state index >= 15 is 0 Å². The van der Waals surface area contributed by atoms with Crippen LogP contribution in [0.3, 0.4) is 0 Å². The second-order valence-corrected chi connectivity index (χ2v) is 11.0.